The maximum atomic E-state index is 13.2. The second-order valence-corrected chi connectivity index (χ2v) is 10.1. The average Bonchev–Trinajstić information content (AvgIpc) is 3.42. The topological polar surface area (TPSA) is 97.0 Å². The molecule has 8 nitrogen and oxygen atoms in total. The molecule has 2 heterocycles. The minimum Gasteiger partial charge on any atom is -0.493 e. The summed E-state index contributed by atoms with van der Waals surface area (Å²) in [6.07, 6.45) is 1.91. The lowest BCUT2D eigenvalue weighted by Crippen LogP contribution is -2.29. The molecule has 2 aromatic rings. The zero-order valence-electron chi connectivity index (χ0n) is 20.0. The lowest BCUT2D eigenvalue weighted by atomic mass is 9.96. The first kappa shape index (κ1) is 24.6. The van der Waals surface area contributed by atoms with Gasteiger partial charge in [0.05, 0.1) is 35.3 Å². The molecule has 0 aliphatic carbocycles. The van der Waals surface area contributed by atoms with Gasteiger partial charge in [-0.1, -0.05) is 20.8 Å². The summed E-state index contributed by atoms with van der Waals surface area (Å²) >= 11 is 1.19. The highest BCUT2D eigenvalue weighted by atomic mass is 32.1. The fraction of sp³-hybridized carbons (Fsp3) is 0.458. The van der Waals surface area contributed by atoms with Gasteiger partial charge in [-0.05, 0) is 37.5 Å². The first-order valence-corrected chi connectivity index (χ1v) is 11.6. The molecule has 1 fully saturated rings. The molecule has 178 valence electrons. The largest absolute Gasteiger partial charge is 0.493 e. The predicted molar refractivity (Wildman–Crippen MR) is 130 cm³/mol. The van der Waals surface area contributed by atoms with Crippen molar-refractivity contribution in [3.63, 3.8) is 0 Å². The minimum absolute atomic E-state index is 0.130. The molecule has 0 radical (unpaired) electrons. The Hall–Kier alpha value is -3.07. The van der Waals surface area contributed by atoms with Crippen LogP contribution in [0.15, 0.2) is 18.2 Å². The molecule has 0 bridgehead atoms. The Kier molecular flexibility index (Phi) is 7.31. The molecule has 2 N–H and O–H groups in total. The van der Waals surface area contributed by atoms with Gasteiger partial charge in [0.25, 0.3) is 11.8 Å². The predicted octanol–water partition coefficient (Wildman–Crippen LogP) is 4.55. The number of likely N-dealkylation sites (tertiary alicyclic amines) is 1. The van der Waals surface area contributed by atoms with E-state index in [4.69, 9.17) is 9.47 Å². The number of thiophene rings is 1. The van der Waals surface area contributed by atoms with E-state index in [-0.39, 0.29) is 17.7 Å². The van der Waals surface area contributed by atoms with Crippen molar-refractivity contribution in [2.75, 3.05) is 37.9 Å². The van der Waals surface area contributed by atoms with E-state index in [0.717, 1.165) is 18.4 Å². The van der Waals surface area contributed by atoms with E-state index in [9.17, 15) is 14.4 Å². The Labute approximate surface area is 198 Å². The quantitative estimate of drug-likeness (QED) is 0.642. The fourth-order valence-electron chi connectivity index (χ4n) is 3.50. The van der Waals surface area contributed by atoms with E-state index in [1.165, 1.54) is 25.6 Å². The number of rotatable bonds is 6. The van der Waals surface area contributed by atoms with E-state index >= 15 is 0 Å². The van der Waals surface area contributed by atoms with Gasteiger partial charge in [-0.3, -0.25) is 14.4 Å². The smallest absolute Gasteiger partial charge is 0.266 e. The SMILES string of the molecule is COc1cc(NC(=O)c2sc(NC(=O)C(C)(C)C)cc2C)c(C(=O)N2CCCC2)cc1OC. The number of anilines is 2. The second kappa shape index (κ2) is 9.82. The van der Waals surface area contributed by atoms with Gasteiger partial charge in [-0.2, -0.15) is 0 Å². The normalized spacial score (nSPS) is 13.6. The summed E-state index contributed by atoms with van der Waals surface area (Å²) in [6, 6.07) is 4.98. The monoisotopic (exact) mass is 473 g/mol. The Morgan fingerprint density at radius 3 is 2.15 bits per heavy atom. The standard InChI is InChI=1S/C24H31N3O5S/c1-14-11-19(26-23(30)24(2,3)4)33-20(14)21(28)25-16-13-18(32-6)17(31-5)12-15(16)22(29)27-9-7-8-10-27/h11-13H,7-10H2,1-6H3,(H,25,28)(H,26,30). The first-order valence-electron chi connectivity index (χ1n) is 10.8. The molecule has 0 unspecified atom stereocenters. The summed E-state index contributed by atoms with van der Waals surface area (Å²) in [5.74, 6) is 0.166. The Morgan fingerprint density at radius 2 is 1.58 bits per heavy atom. The van der Waals surface area contributed by atoms with E-state index in [2.05, 4.69) is 10.6 Å². The highest BCUT2D eigenvalue weighted by Crippen LogP contribution is 2.36. The maximum Gasteiger partial charge on any atom is 0.266 e. The third kappa shape index (κ3) is 5.47. The van der Waals surface area contributed by atoms with E-state index in [1.54, 1.807) is 23.1 Å². The third-order valence-electron chi connectivity index (χ3n) is 5.44. The Bertz CT molecular complexity index is 1060. The Balaban J connectivity index is 1.91. The van der Waals surface area contributed by atoms with Crippen molar-refractivity contribution in [3.05, 3.63) is 34.2 Å². The van der Waals surface area contributed by atoms with Crippen molar-refractivity contribution in [2.24, 2.45) is 5.41 Å². The molecule has 33 heavy (non-hydrogen) atoms. The van der Waals surface area contributed by atoms with Gasteiger partial charge in [0, 0.05) is 24.6 Å². The summed E-state index contributed by atoms with van der Waals surface area (Å²) < 4.78 is 10.8. The van der Waals surface area contributed by atoms with Crippen LogP contribution < -0.4 is 20.1 Å². The summed E-state index contributed by atoms with van der Waals surface area (Å²) in [4.78, 5) is 40.9. The number of nitrogens with zero attached hydrogens (tertiary/aromatic N) is 1. The van der Waals surface area contributed by atoms with Crippen molar-refractivity contribution < 1.29 is 23.9 Å². The molecule has 1 aliphatic heterocycles. The number of benzene rings is 1. The molecule has 0 saturated carbocycles. The number of carbonyl (C=O) groups is 3. The molecule has 9 heteroatoms. The van der Waals surface area contributed by atoms with Crippen molar-refractivity contribution in [3.8, 4) is 11.5 Å². The summed E-state index contributed by atoms with van der Waals surface area (Å²) in [5.41, 5.74) is 0.876. The number of hydrogen-bond acceptors (Lipinski definition) is 6. The van der Waals surface area contributed by atoms with Gasteiger partial charge in [0.2, 0.25) is 5.91 Å². The lowest BCUT2D eigenvalue weighted by Gasteiger charge is -2.20. The van der Waals surface area contributed by atoms with Crippen LogP contribution in [0.5, 0.6) is 11.5 Å². The molecule has 1 aromatic carbocycles. The zero-order chi connectivity index (χ0) is 24.3. The van der Waals surface area contributed by atoms with Crippen LogP contribution in [0.4, 0.5) is 10.7 Å². The van der Waals surface area contributed by atoms with Crippen molar-refractivity contribution >= 4 is 39.7 Å². The summed E-state index contributed by atoms with van der Waals surface area (Å²) in [5, 5.41) is 6.33. The zero-order valence-corrected chi connectivity index (χ0v) is 20.8. The van der Waals surface area contributed by atoms with Crippen LogP contribution in [0.25, 0.3) is 0 Å². The number of methoxy groups -OCH3 is 2. The van der Waals surface area contributed by atoms with E-state index in [0.29, 0.717) is 45.7 Å². The van der Waals surface area contributed by atoms with Crippen LogP contribution in [0.3, 0.4) is 0 Å². The summed E-state index contributed by atoms with van der Waals surface area (Å²) in [7, 11) is 3.00. The van der Waals surface area contributed by atoms with E-state index < -0.39 is 5.41 Å². The number of nitrogens with one attached hydrogen (secondary N) is 2. The van der Waals surface area contributed by atoms with Crippen LogP contribution in [0, 0.1) is 12.3 Å². The molecule has 1 saturated heterocycles. The van der Waals surface area contributed by atoms with Gasteiger partial charge in [-0.15, -0.1) is 11.3 Å². The van der Waals surface area contributed by atoms with Gasteiger partial charge >= 0.3 is 0 Å². The number of amides is 3. The van der Waals surface area contributed by atoms with Gasteiger partial charge in [0.1, 0.15) is 0 Å². The summed E-state index contributed by atoms with van der Waals surface area (Å²) in [6.45, 7) is 8.65. The van der Waals surface area contributed by atoms with Gasteiger partial charge < -0.3 is 25.0 Å². The van der Waals surface area contributed by atoms with Crippen LogP contribution in [-0.4, -0.2) is 49.9 Å². The maximum absolute atomic E-state index is 13.2. The second-order valence-electron chi connectivity index (χ2n) is 9.03. The average molecular weight is 474 g/mol. The van der Waals surface area contributed by atoms with Crippen LogP contribution in [0.1, 0.15) is 59.2 Å². The third-order valence-corrected chi connectivity index (χ3v) is 6.59. The number of aryl methyl sites for hydroxylation is 1. The molecule has 0 spiro atoms. The molecular weight excluding hydrogens is 442 g/mol. The molecule has 0 atom stereocenters. The molecule has 1 aliphatic rings. The molecular formula is C24H31N3O5S. The van der Waals surface area contributed by atoms with E-state index in [1.807, 2.05) is 27.7 Å². The van der Waals surface area contributed by atoms with Crippen molar-refractivity contribution in [1.82, 2.24) is 4.90 Å². The Morgan fingerprint density at radius 1 is 0.970 bits per heavy atom. The van der Waals surface area contributed by atoms with Gasteiger partial charge in [-0.25, -0.2) is 0 Å². The molecule has 3 amide bonds. The molecule has 1 aromatic heterocycles. The van der Waals surface area contributed by atoms with Crippen molar-refractivity contribution in [2.45, 2.75) is 40.5 Å². The highest BCUT2D eigenvalue weighted by Gasteiger charge is 2.27. The first-order chi connectivity index (χ1) is 15.5. The lowest BCUT2D eigenvalue weighted by molar-refractivity contribution is -0.123. The minimum atomic E-state index is -0.551. The fourth-order valence-corrected chi connectivity index (χ4v) is 4.46. The number of ether oxygens (including phenoxy) is 2. The molecule has 3 rings (SSSR count). The van der Waals surface area contributed by atoms with Crippen LogP contribution in [-0.2, 0) is 4.79 Å². The number of carbonyl (C=O) groups excluding carboxylic acids is 3. The van der Waals surface area contributed by atoms with Crippen LogP contribution >= 0.6 is 11.3 Å². The highest BCUT2D eigenvalue weighted by molar-refractivity contribution is 7.18. The van der Waals surface area contributed by atoms with Gasteiger partial charge in [0.15, 0.2) is 11.5 Å². The number of hydrogen-bond donors (Lipinski definition) is 2. The van der Waals surface area contributed by atoms with Crippen LogP contribution in [0.2, 0.25) is 0 Å². The van der Waals surface area contributed by atoms with Crippen molar-refractivity contribution in [1.29, 1.82) is 0 Å².